The van der Waals surface area contributed by atoms with E-state index in [1.807, 2.05) is 0 Å². The Morgan fingerprint density at radius 3 is 2.05 bits per heavy atom. The van der Waals surface area contributed by atoms with Crippen LogP contribution in [0.1, 0.15) is 42.3 Å². The van der Waals surface area contributed by atoms with Gasteiger partial charge in [-0.3, -0.25) is 4.79 Å². The molecule has 3 aromatic carbocycles. The lowest BCUT2D eigenvalue weighted by molar-refractivity contribution is -0.139. The third-order valence-corrected chi connectivity index (χ3v) is 5.34. The van der Waals surface area contributed by atoms with E-state index in [4.69, 9.17) is 4.74 Å². The van der Waals surface area contributed by atoms with Crippen LogP contribution in [0.25, 0.3) is 11.1 Å². The molecule has 0 saturated carbocycles. The van der Waals surface area contributed by atoms with Gasteiger partial charge in [0.25, 0.3) is 5.91 Å². The number of rotatable bonds is 7. The SMILES string of the molecule is CC(C)(C)OC(=O)NC(Cc1ccc(NC(=O)c2ccccc2-c2ccc(C(F)(F)F)cc2)cc1)C(=O)O. The standard InChI is InChI=1S/C28H27F3N2O5/c1-27(2,3)38-26(37)33-23(25(35)36)16-17-8-14-20(15-9-17)32-24(34)22-7-5-4-6-21(22)18-10-12-19(13-11-18)28(29,30)31/h4-15,23H,16H2,1-3H3,(H,32,34)(H,33,37)(H,35,36). The van der Waals surface area contributed by atoms with Gasteiger partial charge in [-0.15, -0.1) is 0 Å². The largest absolute Gasteiger partial charge is 0.480 e. The molecule has 1 unspecified atom stereocenters. The first kappa shape index (κ1) is 28.2. The fourth-order valence-corrected chi connectivity index (χ4v) is 3.58. The van der Waals surface area contributed by atoms with Crippen LogP contribution in [0, 0.1) is 0 Å². The van der Waals surface area contributed by atoms with Crippen LogP contribution in [-0.2, 0) is 22.1 Å². The number of alkyl halides is 3. The zero-order chi connectivity index (χ0) is 28.1. The number of alkyl carbamates (subject to hydrolysis) is 1. The molecule has 10 heteroatoms. The second-order valence-corrected chi connectivity index (χ2v) is 9.51. The molecule has 3 aromatic rings. The normalized spacial score (nSPS) is 12.4. The molecule has 0 aliphatic heterocycles. The maximum atomic E-state index is 13.0. The lowest BCUT2D eigenvalue weighted by Gasteiger charge is -2.22. The summed E-state index contributed by atoms with van der Waals surface area (Å²) in [4.78, 5) is 36.6. The first-order chi connectivity index (χ1) is 17.7. The van der Waals surface area contributed by atoms with E-state index in [9.17, 15) is 32.7 Å². The summed E-state index contributed by atoms with van der Waals surface area (Å²) in [6.45, 7) is 4.99. The molecule has 3 rings (SSSR count). The molecule has 200 valence electrons. The summed E-state index contributed by atoms with van der Waals surface area (Å²) in [5.41, 5.74) is 0.644. The average Bonchev–Trinajstić information content (AvgIpc) is 2.83. The Kier molecular flexibility index (Phi) is 8.45. The molecule has 0 saturated heterocycles. The zero-order valence-electron chi connectivity index (χ0n) is 20.9. The van der Waals surface area contributed by atoms with Gasteiger partial charge in [-0.2, -0.15) is 13.2 Å². The molecule has 0 aliphatic rings. The number of carbonyl (C=O) groups is 3. The highest BCUT2D eigenvalue weighted by atomic mass is 19.4. The van der Waals surface area contributed by atoms with E-state index in [1.165, 1.54) is 12.1 Å². The van der Waals surface area contributed by atoms with Crippen LogP contribution in [0.4, 0.5) is 23.7 Å². The van der Waals surface area contributed by atoms with Gasteiger partial charge in [0.05, 0.1) is 5.56 Å². The van der Waals surface area contributed by atoms with Crippen LogP contribution in [0.5, 0.6) is 0 Å². The molecule has 0 radical (unpaired) electrons. The maximum absolute atomic E-state index is 13.0. The van der Waals surface area contributed by atoms with Crippen LogP contribution in [-0.4, -0.2) is 34.7 Å². The summed E-state index contributed by atoms with van der Waals surface area (Å²) < 4.78 is 43.8. The number of benzene rings is 3. The van der Waals surface area contributed by atoms with Crippen molar-refractivity contribution >= 4 is 23.7 Å². The second kappa shape index (κ2) is 11.4. The number of aliphatic carboxylic acids is 1. The van der Waals surface area contributed by atoms with Gasteiger partial charge in [-0.05, 0) is 67.8 Å². The van der Waals surface area contributed by atoms with Gasteiger partial charge in [0, 0.05) is 17.7 Å². The molecule has 1 atom stereocenters. The van der Waals surface area contributed by atoms with Crippen molar-refractivity contribution in [2.45, 2.75) is 45.0 Å². The minimum atomic E-state index is -4.46. The van der Waals surface area contributed by atoms with Gasteiger partial charge in [-0.25, -0.2) is 9.59 Å². The number of anilines is 1. The molecule has 2 amide bonds. The smallest absolute Gasteiger partial charge is 0.416 e. The van der Waals surface area contributed by atoms with Gasteiger partial charge in [0.15, 0.2) is 0 Å². The predicted octanol–water partition coefficient (Wildman–Crippen LogP) is 6.15. The van der Waals surface area contributed by atoms with Crippen molar-refractivity contribution in [3.8, 4) is 11.1 Å². The minimum absolute atomic E-state index is 0.0143. The van der Waals surface area contributed by atoms with Gasteiger partial charge in [0.2, 0.25) is 0 Å². The highest BCUT2D eigenvalue weighted by molar-refractivity contribution is 6.08. The molecular weight excluding hydrogens is 501 g/mol. The first-order valence-corrected chi connectivity index (χ1v) is 11.6. The van der Waals surface area contributed by atoms with E-state index in [-0.39, 0.29) is 12.0 Å². The van der Waals surface area contributed by atoms with Crippen molar-refractivity contribution in [2.75, 3.05) is 5.32 Å². The van der Waals surface area contributed by atoms with E-state index in [0.29, 0.717) is 22.4 Å². The Labute approximate surface area is 217 Å². The number of ether oxygens (including phenoxy) is 1. The monoisotopic (exact) mass is 528 g/mol. The number of amides is 2. The molecule has 0 fully saturated rings. The summed E-state index contributed by atoms with van der Waals surface area (Å²) in [7, 11) is 0. The third-order valence-electron chi connectivity index (χ3n) is 5.34. The lowest BCUT2D eigenvalue weighted by Crippen LogP contribution is -2.44. The van der Waals surface area contributed by atoms with Crippen molar-refractivity contribution in [1.82, 2.24) is 5.32 Å². The van der Waals surface area contributed by atoms with E-state index < -0.39 is 41.4 Å². The molecular formula is C28H27F3N2O5. The fourth-order valence-electron chi connectivity index (χ4n) is 3.58. The van der Waals surface area contributed by atoms with Crippen LogP contribution in [0.2, 0.25) is 0 Å². The highest BCUT2D eigenvalue weighted by Crippen LogP contribution is 2.32. The average molecular weight is 529 g/mol. The fraction of sp³-hybridized carbons (Fsp3) is 0.250. The Morgan fingerprint density at radius 1 is 0.895 bits per heavy atom. The van der Waals surface area contributed by atoms with E-state index in [2.05, 4.69) is 10.6 Å². The minimum Gasteiger partial charge on any atom is -0.480 e. The quantitative estimate of drug-likeness (QED) is 0.342. The van der Waals surface area contributed by atoms with Gasteiger partial charge in [-0.1, -0.05) is 42.5 Å². The number of carboxylic acids is 1. The van der Waals surface area contributed by atoms with Crippen LogP contribution in [0.15, 0.2) is 72.8 Å². The van der Waals surface area contributed by atoms with Crippen LogP contribution in [0.3, 0.4) is 0 Å². The summed E-state index contributed by atoms with van der Waals surface area (Å²) >= 11 is 0. The van der Waals surface area contributed by atoms with Gasteiger partial charge in [0.1, 0.15) is 11.6 Å². The highest BCUT2D eigenvalue weighted by Gasteiger charge is 2.30. The first-order valence-electron chi connectivity index (χ1n) is 11.6. The Hall–Kier alpha value is -4.34. The van der Waals surface area contributed by atoms with Crippen LogP contribution < -0.4 is 10.6 Å². The number of carboxylic acid groups (broad SMARTS) is 1. The van der Waals surface area contributed by atoms with Crippen molar-refractivity contribution in [3.05, 3.63) is 89.5 Å². The predicted molar refractivity (Wildman–Crippen MR) is 136 cm³/mol. The Morgan fingerprint density at radius 2 is 1.50 bits per heavy atom. The summed E-state index contributed by atoms with van der Waals surface area (Å²) in [6.07, 6.45) is -5.32. The third kappa shape index (κ3) is 7.83. The summed E-state index contributed by atoms with van der Waals surface area (Å²) in [5.74, 6) is -1.70. The Bertz CT molecular complexity index is 1300. The number of carbonyl (C=O) groups excluding carboxylic acids is 2. The van der Waals surface area contributed by atoms with Crippen LogP contribution >= 0.6 is 0 Å². The topological polar surface area (TPSA) is 105 Å². The molecule has 0 bridgehead atoms. The van der Waals surface area contributed by atoms with E-state index >= 15 is 0 Å². The van der Waals surface area contributed by atoms with Gasteiger partial charge < -0.3 is 20.5 Å². The van der Waals surface area contributed by atoms with Gasteiger partial charge >= 0.3 is 18.2 Å². The van der Waals surface area contributed by atoms with Crippen molar-refractivity contribution in [2.24, 2.45) is 0 Å². The number of halogens is 3. The van der Waals surface area contributed by atoms with Crippen molar-refractivity contribution in [1.29, 1.82) is 0 Å². The molecule has 0 spiro atoms. The number of hydrogen-bond donors (Lipinski definition) is 3. The zero-order valence-corrected chi connectivity index (χ0v) is 20.9. The van der Waals surface area contributed by atoms with Crippen molar-refractivity contribution < 1.29 is 37.4 Å². The maximum Gasteiger partial charge on any atom is 0.416 e. The molecule has 38 heavy (non-hydrogen) atoms. The molecule has 7 nitrogen and oxygen atoms in total. The molecule has 0 aliphatic carbocycles. The van der Waals surface area contributed by atoms with E-state index in [1.54, 1.807) is 69.3 Å². The molecule has 0 aromatic heterocycles. The number of nitrogens with one attached hydrogen (secondary N) is 2. The second-order valence-electron chi connectivity index (χ2n) is 9.51. The van der Waals surface area contributed by atoms with E-state index in [0.717, 1.165) is 12.1 Å². The Balaban J connectivity index is 1.70. The van der Waals surface area contributed by atoms with Crippen molar-refractivity contribution in [3.63, 3.8) is 0 Å². The summed E-state index contributed by atoms with van der Waals surface area (Å²) in [5, 5.41) is 14.5. The molecule has 3 N–H and O–H groups in total. The summed E-state index contributed by atoms with van der Waals surface area (Å²) in [6, 6.07) is 16.3. The molecule has 0 heterocycles. The lowest BCUT2D eigenvalue weighted by atomic mass is 9.98. The number of hydrogen-bond acceptors (Lipinski definition) is 4.